The summed E-state index contributed by atoms with van der Waals surface area (Å²) in [5.74, 6) is -0.747. The number of nitrogens with one attached hydrogen (secondary N) is 2. The summed E-state index contributed by atoms with van der Waals surface area (Å²) in [7, 11) is 0. The van der Waals surface area contributed by atoms with E-state index >= 15 is 0 Å². The molecule has 0 atom stereocenters. The average molecular weight is 367 g/mol. The zero-order chi connectivity index (χ0) is 18.7. The summed E-state index contributed by atoms with van der Waals surface area (Å²) in [4.78, 5) is 25.9. The van der Waals surface area contributed by atoms with Gasteiger partial charge < -0.3 is 10.3 Å². The number of nitriles is 1. The highest BCUT2D eigenvalue weighted by Gasteiger charge is 2.18. The Balaban J connectivity index is 1.93. The molecule has 1 amide bonds. The zero-order valence-electron chi connectivity index (χ0n) is 13.2. The molecule has 0 aliphatic heterocycles. The van der Waals surface area contributed by atoms with Crippen LogP contribution in [-0.2, 0) is 4.79 Å². The van der Waals surface area contributed by atoms with Gasteiger partial charge in [0.25, 0.3) is 11.6 Å². The van der Waals surface area contributed by atoms with Gasteiger partial charge in [-0.25, -0.2) is 0 Å². The van der Waals surface area contributed by atoms with Crippen LogP contribution in [-0.4, -0.2) is 15.8 Å². The van der Waals surface area contributed by atoms with Gasteiger partial charge in [0, 0.05) is 33.8 Å². The SMILES string of the molecule is N#C/C(=C\c1c[nH]c2ccccc12)C(=O)Nc1ccc(Cl)cc1[N+](=O)[O-]. The quantitative estimate of drug-likeness (QED) is 0.310. The topological polar surface area (TPSA) is 112 Å². The molecule has 0 saturated heterocycles. The largest absolute Gasteiger partial charge is 0.361 e. The number of fused-ring (bicyclic) bond motifs is 1. The Morgan fingerprint density at radius 3 is 2.81 bits per heavy atom. The van der Waals surface area contributed by atoms with Crippen molar-refractivity contribution in [2.24, 2.45) is 0 Å². The lowest BCUT2D eigenvalue weighted by molar-refractivity contribution is -0.383. The summed E-state index contributed by atoms with van der Waals surface area (Å²) in [6.07, 6.45) is 3.11. The standard InChI is InChI=1S/C18H11ClN4O3/c19-13-5-6-16(17(8-13)23(25)26)22-18(24)11(9-20)7-12-10-21-15-4-2-1-3-14(12)15/h1-8,10,21H,(H,22,24)/b11-7+. The Bertz CT molecular complexity index is 1100. The van der Waals surface area contributed by atoms with Gasteiger partial charge in [-0.2, -0.15) is 5.26 Å². The Hall–Kier alpha value is -3.63. The number of aromatic amines is 1. The number of hydrogen-bond donors (Lipinski definition) is 2. The first-order chi connectivity index (χ1) is 12.5. The summed E-state index contributed by atoms with van der Waals surface area (Å²) in [5.41, 5.74) is 0.960. The molecule has 3 rings (SSSR count). The molecule has 1 aromatic heterocycles. The van der Waals surface area contributed by atoms with Gasteiger partial charge in [0.1, 0.15) is 17.3 Å². The first-order valence-electron chi connectivity index (χ1n) is 7.43. The molecule has 0 aliphatic rings. The van der Waals surface area contributed by atoms with E-state index in [1.54, 1.807) is 6.20 Å². The highest BCUT2D eigenvalue weighted by molar-refractivity contribution is 6.31. The van der Waals surface area contributed by atoms with Crippen LogP contribution < -0.4 is 5.32 Å². The molecule has 1 heterocycles. The molecule has 0 saturated carbocycles. The molecule has 0 unspecified atom stereocenters. The molecule has 0 radical (unpaired) electrons. The molecule has 7 nitrogen and oxygen atoms in total. The van der Waals surface area contributed by atoms with E-state index < -0.39 is 10.8 Å². The van der Waals surface area contributed by atoms with Crippen LogP contribution in [0.5, 0.6) is 0 Å². The molecule has 0 bridgehead atoms. The van der Waals surface area contributed by atoms with Crippen LogP contribution in [0.1, 0.15) is 5.56 Å². The normalized spacial score (nSPS) is 11.2. The number of para-hydroxylation sites is 1. The second kappa shape index (κ2) is 7.09. The third-order valence-electron chi connectivity index (χ3n) is 3.69. The average Bonchev–Trinajstić information content (AvgIpc) is 3.04. The van der Waals surface area contributed by atoms with Gasteiger partial charge in [-0.05, 0) is 24.3 Å². The molecule has 0 fully saturated rings. The van der Waals surface area contributed by atoms with E-state index in [1.807, 2.05) is 30.3 Å². The maximum atomic E-state index is 12.4. The molecule has 128 valence electrons. The van der Waals surface area contributed by atoms with E-state index in [9.17, 15) is 20.2 Å². The number of nitro benzene ring substituents is 1. The van der Waals surface area contributed by atoms with Gasteiger partial charge in [-0.3, -0.25) is 14.9 Å². The lowest BCUT2D eigenvalue weighted by atomic mass is 10.1. The van der Waals surface area contributed by atoms with Crippen molar-refractivity contribution in [2.45, 2.75) is 0 Å². The Kier molecular flexibility index (Phi) is 4.69. The van der Waals surface area contributed by atoms with Gasteiger partial charge in [-0.15, -0.1) is 0 Å². The number of amides is 1. The molecule has 0 aliphatic carbocycles. The number of rotatable bonds is 4. The molecule has 2 N–H and O–H groups in total. The highest BCUT2D eigenvalue weighted by atomic mass is 35.5. The van der Waals surface area contributed by atoms with Crippen molar-refractivity contribution in [3.05, 3.63) is 74.9 Å². The summed E-state index contributed by atoms with van der Waals surface area (Å²) in [5, 5.41) is 23.8. The monoisotopic (exact) mass is 366 g/mol. The number of nitro groups is 1. The predicted molar refractivity (Wildman–Crippen MR) is 98.6 cm³/mol. The van der Waals surface area contributed by atoms with Gasteiger partial charge in [0.15, 0.2) is 0 Å². The van der Waals surface area contributed by atoms with Gasteiger partial charge in [0.05, 0.1) is 4.92 Å². The maximum Gasteiger partial charge on any atom is 0.294 e. The van der Waals surface area contributed by atoms with Crippen LogP contribution in [0.2, 0.25) is 5.02 Å². The Morgan fingerprint density at radius 1 is 1.31 bits per heavy atom. The summed E-state index contributed by atoms with van der Waals surface area (Å²) in [6.45, 7) is 0. The molecule has 2 aromatic carbocycles. The second-order valence-corrected chi connectivity index (χ2v) is 5.77. The molecule has 0 spiro atoms. The number of carbonyl (C=O) groups excluding carboxylic acids is 1. The first-order valence-corrected chi connectivity index (χ1v) is 7.80. The van der Waals surface area contributed by atoms with Crippen LogP contribution in [0.3, 0.4) is 0 Å². The summed E-state index contributed by atoms with van der Waals surface area (Å²) in [6, 6.07) is 13.1. The van der Waals surface area contributed by atoms with Crippen molar-refractivity contribution < 1.29 is 9.72 Å². The van der Waals surface area contributed by atoms with Crippen molar-refractivity contribution >= 4 is 45.9 Å². The maximum absolute atomic E-state index is 12.4. The lowest BCUT2D eigenvalue weighted by Crippen LogP contribution is -2.14. The predicted octanol–water partition coefficient (Wildman–Crippen LogP) is 4.28. The van der Waals surface area contributed by atoms with Crippen molar-refractivity contribution in [2.75, 3.05) is 5.32 Å². The van der Waals surface area contributed by atoms with Crippen molar-refractivity contribution in [1.82, 2.24) is 4.98 Å². The highest BCUT2D eigenvalue weighted by Crippen LogP contribution is 2.28. The lowest BCUT2D eigenvalue weighted by Gasteiger charge is -2.05. The Labute approximate surface area is 152 Å². The van der Waals surface area contributed by atoms with Crippen LogP contribution in [0.25, 0.3) is 17.0 Å². The van der Waals surface area contributed by atoms with Gasteiger partial charge in [0.2, 0.25) is 0 Å². The fourth-order valence-electron chi connectivity index (χ4n) is 2.47. The fourth-order valence-corrected chi connectivity index (χ4v) is 2.64. The van der Waals surface area contributed by atoms with E-state index in [0.29, 0.717) is 5.56 Å². The summed E-state index contributed by atoms with van der Waals surface area (Å²) < 4.78 is 0. The second-order valence-electron chi connectivity index (χ2n) is 5.33. The third kappa shape index (κ3) is 3.41. The minimum Gasteiger partial charge on any atom is -0.361 e. The molecule has 26 heavy (non-hydrogen) atoms. The van der Waals surface area contributed by atoms with Crippen molar-refractivity contribution in [3.63, 3.8) is 0 Å². The van der Waals surface area contributed by atoms with Crippen LogP contribution in [0.4, 0.5) is 11.4 Å². The number of carbonyl (C=O) groups is 1. The number of halogens is 1. The van der Waals surface area contributed by atoms with E-state index in [2.05, 4.69) is 10.3 Å². The number of anilines is 1. The van der Waals surface area contributed by atoms with Crippen molar-refractivity contribution in [3.8, 4) is 6.07 Å². The first kappa shape index (κ1) is 17.2. The molecular weight excluding hydrogens is 356 g/mol. The zero-order valence-corrected chi connectivity index (χ0v) is 13.9. The van der Waals surface area contributed by atoms with Crippen LogP contribution in [0, 0.1) is 21.4 Å². The molecular formula is C18H11ClN4O3. The van der Waals surface area contributed by atoms with E-state index in [-0.39, 0.29) is 22.0 Å². The molecule has 3 aromatic rings. The van der Waals surface area contributed by atoms with Crippen LogP contribution in [0.15, 0.2) is 54.2 Å². The Morgan fingerprint density at radius 2 is 2.08 bits per heavy atom. The number of aromatic nitrogens is 1. The van der Waals surface area contributed by atoms with Crippen LogP contribution >= 0.6 is 11.6 Å². The van der Waals surface area contributed by atoms with E-state index in [4.69, 9.17) is 11.6 Å². The molecule has 8 heteroatoms. The smallest absolute Gasteiger partial charge is 0.294 e. The van der Waals surface area contributed by atoms with Crippen molar-refractivity contribution in [1.29, 1.82) is 5.26 Å². The summed E-state index contributed by atoms with van der Waals surface area (Å²) >= 11 is 5.75. The van der Waals surface area contributed by atoms with E-state index in [1.165, 1.54) is 18.2 Å². The van der Waals surface area contributed by atoms with Gasteiger partial charge >= 0.3 is 0 Å². The van der Waals surface area contributed by atoms with E-state index in [0.717, 1.165) is 17.0 Å². The minimum absolute atomic E-state index is 0.0375. The number of H-pyrrole nitrogens is 1. The van der Waals surface area contributed by atoms with Gasteiger partial charge in [-0.1, -0.05) is 29.8 Å². The number of nitrogens with zero attached hydrogens (tertiary/aromatic N) is 2. The number of benzene rings is 2. The fraction of sp³-hybridized carbons (Fsp3) is 0. The third-order valence-corrected chi connectivity index (χ3v) is 3.93. The number of hydrogen-bond acceptors (Lipinski definition) is 4. The minimum atomic E-state index is -0.747.